The van der Waals surface area contributed by atoms with Gasteiger partial charge >= 0.3 is 0 Å². The van der Waals surface area contributed by atoms with Crippen molar-refractivity contribution in [2.24, 2.45) is 7.05 Å². The van der Waals surface area contributed by atoms with Crippen molar-refractivity contribution in [2.75, 3.05) is 43.6 Å². The topological polar surface area (TPSA) is 104 Å². The Kier molecular flexibility index (Phi) is 6.48. The minimum atomic E-state index is -0.149. The summed E-state index contributed by atoms with van der Waals surface area (Å²) in [5, 5.41) is 3.41. The van der Waals surface area contributed by atoms with Gasteiger partial charge in [0, 0.05) is 37.9 Å². The number of nitrogens with zero attached hydrogens (tertiary/aromatic N) is 5. The van der Waals surface area contributed by atoms with E-state index >= 15 is 0 Å². The molecule has 0 amide bonds. The summed E-state index contributed by atoms with van der Waals surface area (Å²) in [4.78, 5) is 27.6. The summed E-state index contributed by atoms with van der Waals surface area (Å²) in [6.07, 6.45) is 8.43. The predicted molar refractivity (Wildman–Crippen MR) is 129 cm³/mol. The van der Waals surface area contributed by atoms with E-state index in [1.165, 1.54) is 6.20 Å². The van der Waals surface area contributed by atoms with Crippen LogP contribution in [0.5, 0.6) is 11.5 Å². The molecule has 10 heteroatoms. The fourth-order valence-corrected chi connectivity index (χ4v) is 4.61. The van der Waals surface area contributed by atoms with Crippen molar-refractivity contribution in [3.8, 4) is 11.5 Å². The second-order valence-electron chi connectivity index (χ2n) is 8.75. The lowest BCUT2D eigenvalue weighted by molar-refractivity contribution is 0.122. The number of hydrogen-bond donors (Lipinski definition) is 1. The molecule has 2 aliphatic rings. The molecule has 1 N–H and O–H groups in total. The Hall–Kier alpha value is -3.40. The van der Waals surface area contributed by atoms with Crippen LogP contribution in [0.25, 0.3) is 11.0 Å². The summed E-state index contributed by atoms with van der Waals surface area (Å²) >= 11 is 0. The summed E-state index contributed by atoms with van der Waals surface area (Å²) in [7, 11) is 3.37. The van der Waals surface area contributed by atoms with Gasteiger partial charge in [-0.15, -0.1) is 0 Å². The second-order valence-corrected chi connectivity index (χ2v) is 8.75. The van der Waals surface area contributed by atoms with E-state index in [0.29, 0.717) is 30.7 Å². The first-order valence-electron chi connectivity index (χ1n) is 11.7. The average molecular weight is 467 g/mol. The van der Waals surface area contributed by atoms with Crippen LogP contribution in [-0.4, -0.2) is 65.1 Å². The Balaban J connectivity index is 1.31. The molecule has 3 aromatic rings. The third kappa shape index (κ3) is 4.77. The lowest BCUT2D eigenvalue weighted by Gasteiger charge is -2.31. The fourth-order valence-electron chi connectivity index (χ4n) is 4.61. The number of methoxy groups -OCH3 is 1. The van der Waals surface area contributed by atoms with E-state index in [4.69, 9.17) is 14.2 Å². The fraction of sp³-hybridized carbons (Fsp3) is 0.500. The molecule has 1 aromatic carbocycles. The number of benzene rings is 1. The quantitative estimate of drug-likeness (QED) is 0.586. The van der Waals surface area contributed by atoms with Gasteiger partial charge in [-0.1, -0.05) is 0 Å². The van der Waals surface area contributed by atoms with Gasteiger partial charge in [0.1, 0.15) is 11.3 Å². The minimum Gasteiger partial charge on any atom is -0.494 e. The van der Waals surface area contributed by atoms with Crippen molar-refractivity contribution in [3.63, 3.8) is 0 Å². The van der Waals surface area contributed by atoms with E-state index in [1.807, 2.05) is 12.1 Å². The molecule has 2 aromatic heterocycles. The van der Waals surface area contributed by atoms with Gasteiger partial charge in [-0.2, -0.15) is 0 Å². The van der Waals surface area contributed by atoms with Crippen LogP contribution in [0.2, 0.25) is 0 Å². The summed E-state index contributed by atoms with van der Waals surface area (Å²) in [6.45, 7) is 3.04. The molecule has 0 unspecified atom stereocenters. The SMILES string of the molecule is COc1cnc(NC2CCC(Oc3cc(N4CCOCC4)cc4ncc(=O)n(C)c34)CC2)nc1. The predicted octanol–water partition coefficient (Wildman–Crippen LogP) is 2.37. The first-order valence-corrected chi connectivity index (χ1v) is 11.7. The second kappa shape index (κ2) is 9.84. The number of hydrogen-bond acceptors (Lipinski definition) is 9. The van der Waals surface area contributed by atoms with E-state index < -0.39 is 0 Å². The van der Waals surface area contributed by atoms with Gasteiger partial charge in [-0.05, 0) is 31.7 Å². The summed E-state index contributed by atoms with van der Waals surface area (Å²) < 4.78 is 18.8. The highest BCUT2D eigenvalue weighted by molar-refractivity contribution is 5.85. The third-order valence-corrected chi connectivity index (χ3v) is 6.56. The smallest absolute Gasteiger partial charge is 0.269 e. The number of nitrogens with one attached hydrogen (secondary N) is 1. The molecule has 0 spiro atoms. The number of aromatic nitrogens is 4. The molecule has 1 saturated carbocycles. The Labute approximate surface area is 197 Å². The number of anilines is 2. The van der Waals surface area contributed by atoms with Crippen LogP contribution in [0.1, 0.15) is 25.7 Å². The molecule has 0 radical (unpaired) electrons. The third-order valence-electron chi connectivity index (χ3n) is 6.56. The standard InChI is InChI=1S/C24H30N6O4/c1-29-22(31)15-25-20-11-17(30-7-9-33-10-8-30)12-21(23(20)29)34-18-5-3-16(4-6-18)28-24-26-13-19(32-2)14-27-24/h11-16,18H,3-10H2,1-2H3,(H,26,27,28). The molecule has 1 aliphatic carbocycles. The number of fused-ring (bicyclic) bond motifs is 1. The van der Waals surface area contributed by atoms with Gasteiger partial charge in [0.05, 0.1) is 50.5 Å². The van der Waals surface area contributed by atoms with Crippen LogP contribution < -0.4 is 25.2 Å². The molecule has 2 fully saturated rings. The van der Waals surface area contributed by atoms with Crippen molar-refractivity contribution < 1.29 is 14.2 Å². The molecule has 3 heterocycles. The lowest BCUT2D eigenvalue weighted by atomic mass is 9.93. The summed E-state index contributed by atoms with van der Waals surface area (Å²) in [5.74, 6) is 1.95. The molecule has 180 valence electrons. The number of morpholine rings is 1. The van der Waals surface area contributed by atoms with Crippen LogP contribution in [0, 0.1) is 0 Å². The van der Waals surface area contributed by atoms with Crippen LogP contribution >= 0.6 is 0 Å². The van der Waals surface area contributed by atoms with E-state index in [9.17, 15) is 4.79 Å². The molecule has 1 aliphatic heterocycles. The first kappa shape index (κ1) is 22.4. The van der Waals surface area contributed by atoms with Crippen LogP contribution in [-0.2, 0) is 11.8 Å². The zero-order valence-corrected chi connectivity index (χ0v) is 19.6. The molecule has 10 nitrogen and oxygen atoms in total. The molecule has 5 rings (SSSR count). The Morgan fingerprint density at radius 3 is 2.47 bits per heavy atom. The first-order chi connectivity index (χ1) is 16.6. The largest absolute Gasteiger partial charge is 0.494 e. The number of ether oxygens (including phenoxy) is 3. The maximum Gasteiger partial charge on any atom is 0.269 e. The van der Waals surface area contributed by atoms with Gasteiger partial charge in [0.2, 0.25) is 5.95 Å². The normalized spacial score (nSPS) is 20.8. The molecular formula is C24H30N6O4. The van der Waals surface area contributed by atoms with Gasteiger partial charge in [-0.3, -0.25) is 4.79 Å². The lowest BCUT2D eigenvalue weighted by Crippen LogP contribution is -2.36. The van der Waals surface area contributed by atoms with Gasteiger partial charge in [-0.25, -0.2) is 15.0 Å². The zero-order chi connectivity index (χ0) is 23.5. The molecule has 0 atom stereocenters. The maximum absolute atomic E-state index is 12.3. The van der Waals surface area contributed by atoms with Crippen molar-refractivity contribution in [2.45, 2.75) is 37.8 Å². The Bertz CT molecular complexity index is 1180. The maximum atomic E-state index is 12.3. The average Bonchev–Trinajstić information content (AvgIpc) is 2.88. The number of aryl methyl sites for hydroxylation is 1. The van der Waals surface area contributed by atoms with Gasteiger partial charge in [0.25, 0.3) is 5.56 Å². The van der Waals surface area contributed by atoms with E-state index in [-0.39, 0.29) is 17.7 Å². The van der Waals surface area contributed by atoms with Crippen LogP contribution in [0.3, 0.4) is 0 Å². The highest BCUT2D eigenvalue weighted by atomic mass is 16.5. The molecule has 34 heavy (non-hydrogen) atoms. The Morgan fingerprint density at radius 1 is 1.03 bits per heavy atom. The van der Waals surface area contributed by atoms with Gasteiger partial charge < -0.3 is 29.0 Å². The minimum absolute atomic E-state index is 0.0632. The van der Waals surface area contributed by atoms with Crippen LogP contribution in [0.4, 0.5) is 11.6 Å². The van der Waals surface area contributed by atoms with Crippen molar-refractivity contribution in [1.82, 2.24) is 19.5 Å². The van der Waals surface area contributed by atoms with E-state index in [0.717, 1.165) is 55.5 Å². The highest BCUT2D eigenvalue weighted by Gasteiger charge is 2.25. The summed E-state index contributed by atoms with van der Waals surface area (Å²) in [6, 6.07) is 4.36. The van der Waals surface area contributed by atoms with Gasteiger partial charge in [0.15, 0.2) is 5.75 Å². The zero-order valence-electron chi connectivity index (χ0n) is 19.6. The summed E-state index contributed by atoms with van der Waals surface area (Å²) in [5.41, 5.74) is 2.39. The van der Waals surface area contributed by atoms with E-state index in [2.05, 4.69) is 25.2 Å². The monoisotopic (exact) mass is 466 g/mol. The molecule has 1 saturated heterocycles. The Morgan fingerprint density at radius 2 is 1.76 bits per heavy atom. The van der Waals surface area contributed by atoms with E-state index in [1.54, 1.807) is 31.1 Å². The number of rotatable bonds is 6. The van der Waals surface area contributed by atoms with Crippen molar-refractivity contribution in [1.29, 1.82) is 0 Å². The molecular weight excluding hydrogens is 436 g/mol. The van der Waals surface area contributed by atoms with Crippen molar-refractivity contribution >= 4 is 22.7 Å². The highest BCUT2D eigenvalue weighted by Crippen LogP contribution is 2.33. The van der Waals surface area contributed by atoms with Crippen molar-refractivity contribution in [3.05, 3.63) is 41.1 Å². The van der Waals surface area contributed by atoms with Crippen LogP contribution in [0.15, 0.2) is 35.5 Å². The molecule has 0 bridgehead atoms.